The Morgan fingerprint density at radius 2 is 2.11 bits per heavy atom. The predicted octanol–water partition coefficient (Wildman–Crippen LogP) is -0.266. The van der Waals surface area contributed by atoms with Crippen LogP contribution in [0.25, 0.3) is 0 Å². The predicted molar refractivity (Wildman–Crippen MR) is 68.9 cm³/mol. The van der Waals surface area contributed by atoms with Crippen molar-refractivity contribution in [2.24, 2.45) is 18.7 Å². The summed E-state index contributed by atoms with van der Waals surface area (Å²) in [5.41, 5.74) is 6.41. The van der Waals surface area contributed by atoms with Gasteiger partial charge in [-0.1, -0.05) is 13.8 Å². The summed E-state index contributed by atoms with van der Waals surface area (Å²) < 4.78 is 6.21. The Kier molecular flexibility index (Phi) is 5.05. The number of carbonyl (C=O) groups excluding carboxylic acids is 2. The zero-order chi connectivity index (χ0) is 14.6. The van der Waals surface area contributed by atoms with Crippen molar-refractivity contribution in [3.05, 3.63) is 18.0 Å². The van der Waals surface area contributed by atoms with Gasteiger partial charge in [0.25, 0.3) is 0 Å². The van der Waals surface area contributed by atoms with Crippen molar-refractivity contribution in [3.63, 3.8) is 0 Å². The van der Waals surface area contributed by atoms with Crippen LogP contribution in [0.2, 0.25) is 0 Å². The molecular formula is C12H20N4O3. The number of ether oxygens (including phenoxy) is 1. The van der Waals surface area contributed by atoms with Crippen LogP contribution in [0.3, 0.4) is 0 Å². The maximum Gasteiger partial charge on any atom is 0.328 e. The van der Waals surface area contributed by atoms with E-state index in [4.69, 9.17) is 5.73 Å². The van der Waals surface area contributed by atoms with E-state index in [1.165, 1.54) is 13.3 Å². The highest BCUT2D eigenvalue weighted by molar-refractivity contribution is 5.88. The number of rotatable bonds is 5. The van der Waals surface area contributed by atoms with Crippen molar-refractivity contribution >= 4 is 11.9 Å². The van der Waals surface area contributed by atoms with Gasteiger partial charge in [-0.3, -0.25) is 9.48 Å². The zero-order valence-corrected chi connectivity index (χ0v) is 11.6. The number of nitrogens with one attached hydrogen (secondary N) is 1. The Labute approximate surface area is 112 Å². The third-order valence-corrected chi connectivity index (χ3v) is 2.79. The maximum absolute atomic E-state index is 12.0. The molecule has 7 nitrogen and oxygen atoms in total. The quantitative estimate of drug-likeness (QED) is 0.716. The van der Waals surface area contributed by atoms with E-state index in [0.717, 1.165) is 0 Å². The number of methoxy groups -OCH3 is 1. The number of carbonyl (C=O) groups is 2. The number of aryl methyl sites for hydroxylation is 1. The van der Waals surface area contributed by atoms with Gasteiger partial charge in [0.15, 0.2) is 0 Å². The Morgan fingerprint density at radius 3 is 2.53 bits per heavy atom. The molecule has 1 rings (SSSR count). The minimum atomic E-state index is -0.861. The molecule has 0 saturated carbocycles. The zero-order valence-electron chi connectivity index (χ0n) is 11.6. The molecule has 1 aromatic rings. The normalized spacial score (nSPS) is 14.0. The van der Waals surface area contributed by atoms with Crippen molar-refractivity contribution in [2.45, 2.75) is 25.9 Å². The van der Waals surface area contributed by atoms with Gasteiger partial charge in [-0.15, -0.1) is 0 Å². The first-order chi connectivity index (χ1) is 8.86. The van der Waals surface area contributed by atoms with Crippen LogP contribution in [0, 0.1) is 5.92 Å². The summed E-state index contributed by atoms with van der Waals surface area (Å²) in [7, 11) is 3.02. The lowest BCUT2D eigenvalue weighted by Crippen LogP contribution is -2.48. The second-order valence-electron chi connectivity index (χ2n) is 4.68. The third-order valence-electron chi connectivity index (χ3n) is 2.79. The molecule has 7 heteroatoms. The minimum Gasteiger partial charge on any atom is -0.467 e. The van der Waals surface area contributed by atoms with Crippen LogP contribution >= 0.6 is 0 Å². The van der Waals surface area contributed by atoms with Crippen molar-refractivity contribution in [1.29, 1.82) is 0 Å². The molecule has 0 aliphatic rings. The molecule has 1 aromatic heterocycles. The number of aromatic nitrogens is 2. The molecule has 1 unspecified atom stereocenters. The lowest BCUT2D eigenvalue weighted by molar-refractivity contribution is -0.146. The molecule has 0 radical (unpaired) electrons. The highest BCUT2D eigenvalue weighted by atomic mass is 16.5. The van der Waals surface area contributed by atoms with E-state index < -0.39 is 24.0 Å². The Morgan fingerprint density at radius 1 is 1.47 bits per heavy atom. The van der Waals surface area contributed by atoms with Crippen molar-refractivity contribution < 1.29 is 14.3 Å². The average Bonchev–Trinajstić information content (AvgIpc) is 2.80. The fraction of sp³-hybridized carbons (Fsp3) is 0.583. The number of amides is 1. The van der Waals surface area contributed by atoms with Crippen LogP contribution in [0.5, 0.6) is 0 Å². The van der Waals surface area contributed by atoms with Crippen molar-refractivity contribution in [2.75, 3.05) is 7.11 Å². The second kappa shape index (κ2) is 6.33. The summed E-state index contributed by atoms with van der Waals surface area (Å²) in [6.45, 7) is 3.63. The van der Waals surface area contributed by atoms with Gasteiger partial charge < -0.3 is 15.8 Å². The SMILES string of the molecule is COC(=O)[C@@H](NC(=O)C(N)c1cnn(C)c1)C(C)C. The van der Waals surface area contributed by atoms with E-state index in [-0.39, 0.29) is 5.92 Å². The molecule has 1 heterocycles. The molecule has 3 N–H and O–H groups in total. The first-order valence-corrected chi connectivity index (χ1v) is 5.99. The first kappa shape index (κ1) is 15.2. The molecular weight excluding hydrogens is 248 g/mol. The molecule has 0 aliphatic carbocycles. The Bertz CT molecular complexity index is 456. The van der Waals surface area contributed by atoms with Crippen LogP contribution < -0.4 is 11.1 Å². The molecule has 2 atom stereocenters. The summed E-state index contributed by atoms with van der Waals surface area (Å²) >= 11 is 0. The fourth-order valence-corrected chi connectivity index (χ4v) is 1.62. The van der Waals surface area contributed by atoms with E-state index in [9.17, 15) is 9.59 Å². The van der Waals surface area contributed by atoms with E-state index >= 15 is 0 Å². The van der Waals surface area contributed by atoms with Gasteiger partial charge in [-0.2, -0.15) is 5.10 Å². The number of nitrogens with zero attached hydrogens (tertiary/aromatic N) is 2. The van der Waals surface area contributed by atoms with Gasteiger partial charge in [0, 0.05) is 18.8 Å². The molecule has 19 heavy (non-hydrogen) atoms. The Balaban J connectivity index is 2.74. The number of hydrogen-bond donors (Lipinski definition) is 2. The van der Waals surface area contributed by atoms with Crippen LogP contribution in [-0.2, 0) is 21.4 Å². The average molecular weight is 268 g/mol. The number of hydrogen-bond acceptors (Lipinski definition) is 5. The molecule has 0 fully saturated rings. The monoisotopic (exact) mass is 268 g/mol. The van der Waals surface area contributed by atoms with Crippen LogP contribution in [0.15, 0.2) is 12.4 Å². The largest absolute Gasteiger partial charge is 0.467 e. The fourth-order valence-electron chi connectivity index (χ4n) is 1.62. The van der Waals surface area contributed by atoms with Gasteiger partial charge in [0.1, 0.15) is 12.1 Å². The summed E-state index contributed by atoms with van der Waals surface area (Å²) in [5, 5.41) is 6.55. The molecule has 0 saturated heterocycles. The Hall–Kier alpha value is -1.89. The van der Waals surface area contributed by atoms with E-state index in [2.05, 4.69) is 15.2 Å². The molecule has 0 aliphatic heterocycles. The summed E-state index contributed by atoms with van der Waals surface area (Å²) in [6.07, 6.45) is 3.18. The smallest absolute Gasteiger partial charge is 0.328 e. The van der Waals surface area contributed by atoms with Gasteiger partial charge in [-0.05, 0) is 5.92 Å². The van der Waals surface area contributed by atoms with Gasteiger partial charge in [-0.25, -0.2) is 4.79 Å². The van der Waals surface area contributed by atoms with Gasteiger partial charge in [0.05, 0.1) is 13.3 Å². The van der Waals surface area contributed by atoms with Gasteiger partial charge >= 0.3 is 5.97 Å². The van der Waals surface area contributed by atoms with Crippen LogP contribution in [0.1, 0.15) is 25.5 Å². The highest BCUT2D eigenvalue weighted by Gasteiger charge is 2.27. The lowest BCUT2D eigenvalue weighted by Gasteiger charge is -2.21. The third kappa shape index (κ3) is 3.78. The molecule has 0 spiro atoms. The lowest BCUT2D eigenvalue weighted by atomic mass is 10.0. The highest BCUT2D eigenvalue weighted by Crippen LogP contribution is 2.11. The van der Waals surface area contributed by atoms with Crippen LogP contribution in [-0.4, -0.2) is 34.8 Å². The summed E-state index contributed by atoms with van der Waals surface area (Å²) in [5.74, 6) is -1.00. The molecule has 0 aromatic carbocycles. The first-order valence-electron chi connectivity index (χ1n) is 5.99. The maximum atomic E-state index is 12.0. The molecule has 1 amide bonds. The molecule has 0 bridgehead atoms. The topological polar surface area (TPSA) is 99.2 Å². The van der Waals surface area contributed by atoms with E-state index in [0.29, 0.717) is 5.56 Å². The standard InChI is InChI=1S/C12H20N4O3/c1-7(2)10(12(18)19-4)15-11(17)9(13)8-5-14-16(3)6-8/h5-7,9-10H,13H2,1-4H3,(H,15,17)/t9?,10-/m0/s1. The summed E-state index contributed by atoms with van der Waals surface area (Å²) in [6, 6.07) is -1.57. The number of esters is 1. The minimum absolute atomic E-state index is 0.0856. The van der Waals surface area contributed by atoms with Crippen molar-refractivity contribution in [3.8, 4) is 0 Å². The summed E-state index contributed by atoms with van der Waals surface area (Å²) in [4.78, 5) is 23.6. The molecule has 106 valence electrons. The van der Waals surface area contributed by atoms with Crippen LogP contribution in [0.4, 0.5) is 0 Å². The number of nitrogens with two attached hydrogens (primary N) is 1. The van der Waals surface area contributed by atoms with Crippen molar-refractivity contribution in [1.82, 2.24) is 15.1 Å². The van der Waals surface area contributed by atoms with E-state index in [1.54, 1.807) is 17.9 Å². The van der Waals surface area contributed by atoms with E-state index in [1.807, 2.05) is 13.8 Å². The van der Waals surface area contributed by atoms with Gasteiger partial charge in [0.2, 0.25) is 5.91 Å². The second-order valence-corrected chi connectivity index (χ2v) is 4.68.